The minimum absolute atomic E-state index is 0.0598. The highest BCUT2D eigenvalue weighted by Gasteiger charge is 2.18. The van der Waals surface area contributed by atoms with E-state index in [1.807, 2.05) is 6.92 Å². The topological polar surface area (TPSA) is 75.8 Å². The Labute approximate surface area is 103 Å². The number of hydrogen-bond donors (Lipinski definition) is 2. The number of primary amides is 1. The van der Waals surface area contributed by atoms with Crippen LogP contribution in [-0.4, -0.2) is 54.9 Å². The Kier molecular flexibility index (Phi) is 6.47. The van der Waals surface area contributed by atoms with Crippen molar-refractivity contribution in [2.75, 3.05) is 32.8 Å². The number of nitrogens with two attached hydrogens (primary N) is 1. The minimum Gasteiger partial charge on any atom is -0.392 e. The monoisotopic (exact) mass is 244 g/mol. The van der Waals surface area contributed by atoms with Crippen molar-refractivity contribution in [3.63, 3.8) is 0 Å². The molecule has 1 aliphatic rings. The molecule has 3 N–H and O–H groups in total. The molecule has 1 rings (SSSR count). The van der Waals surface area contributed by atoms with Crippen LogP contribution in [0.15, 0.2) is 0 Å². The van der Waals surface area contributed by atoms with Crippen molar-refractivity contribution in [2.45, 2.75) is 32.3 Å². The molecule has 0 radical (unpaired) electrons. The quantitative estimate of drug-likeness (QED) is 0.688. The molecule has 17 heavy (non-hydrogen) atoms. The normalized spacial score (nSPS) is 21.8. The molecule has 1 saturated heterocycles. The van der Waals surface area contributed by atoms with Crippen molar-refractivity contribution < 1.29 is 14.6 Å². The Bertz CT molecular complexity index is 228. The molecule has 0 aliphatic carbocycles. The van der Waals surface area contributed by atoms with E-state index in [0.29, 0.717) is 0 Å². The van der Waals surface area contributed by atoms with Crippen LogP contribution in [0.4, 0.5) is 0 Å². The average molecular weight is 244 g/mol. The van der Waals surface area contributed by atoms with Gasteiger partial charge in [-0.15, -0.1) is 0 Å². The highest BCUT2D eigenvalue weighted by molar-refractivity contribution is 5.74. The molecular formula is C12H24N2O3. The maximum absolute atomic E-state index is 10.7. The lowest BCUT2D eigenvalue weighted by Crippen LogP contribution is -2.32. The van der Waals surface area contributed by atoms with Gasteiger partial charge in [0, 0.05) is 19.7 Å². The average Bonchev–Trinajstić information content (AvgIpc) is 2.53. The van der Waals surface area contributed by atoms with Crippen molar-refractivity contribution in [1.82, 2.24) is 4.90 Å². The van der Waals surface area contributed by atoms with Crippen LogP contribution >= 0.6 is 0 Å². The van der Waals surface area contributed by atoms with Crippen LogP contribution in [0.3, 0.4) is 0 Å². The predicted octanol–water partition coefficient (Wildman–Crippen LogP) is -0.0288. The van der Waals surface area contributed by atoms with Gasteiger partial charge in [0.05, 0.1) is 19.1 Å². The molecule has 0 saturated carbocycles. The zero-order valence-electron chi connectivity index (χ0n) is 10.6. The van der Waals surface area contributed by atoms with E-state index in [1.165, 1.54) is 0 Å². The van der Waals surface area contributed by atoms with E-state index >= 15 is 0 Å². The molecule has 1 aliphatic heterocycles. The number of amides is 1. The first-order chi connectivity index (χ1) is 8.09. The summed E-state index contributed by atoms with van der Waals surface area (Å²) in [5, 5.41) is 9.73. The number of hydrogen-bond acceptors (Lipinski definition) is 4. The number of carbonyl (C=O) groups is 1. The fraction of sp³-hybridized carbons (Fsp3) is 0.917. The van der Waals surface area contributed by atoms with Gasteiger partial charge in [-0.3, -0.25) is 4.79 Å². The highest BCUT2D eigenvalue weighted by atomic mass is 16.5. The van der Waals surface area contributed by atoms with Crippen LogP contribution in [-0.2, 0) is 9.53 Å². The van der Waals surface area contributed by atoms with Crippen LogP contribution in [0.5, 0.6) is 0 Å². The number of ether oxygens (including phenoxy) is 1. The molecule has 2 atom stereocenters. The lowest BCUT2D eigenvalue weighted by atomic mass is 9.98. The molecule has 0 spiro atoms. The van der Waals surface area contributed by atoms with Gasteiger partial charge in [0.1, 0.15) is 0 Å². The van der Waals surface area contributed by atoms with Gasteiger partial charge in [0.2, 0.25) is 5.91 Å². The highest BCUT2D eigenvalue weighted by Crippen LogP contribution is 2.12. The lowest BCUT2D eigenvalue weighted by molar-refractivity contribution is -0.120. The Morgan fingerprint density at radius 1 is 1.47 bits per heavy atom. The van der Waals surface area contributed by atoms with Gasteiger partial charge in [-0.1, -0.05) is 6.92 Å². The maximum Gasteiger partial charge on any atom is 0.220 e. The van der Waals surface area contributed by atoms with Crippen LogP contribution < -0.4 is 5.73 Å². The minimum atomic E-state index is -0.615. The van der Waals surface area contributed by atoms with Gasteiger partial charge >= 0.3 is 0 Å². The lowest BCUT2D eigenvalue weighted by Gasteiger charge is -2.23. The summed E-state index contributed by atoms with van der Waals surface area (Å²) >= 11 is 0. The van der Waals surface area contributed by atoms with Gasteiger partial charge < -0.3 is 20.5 Å². The second-order valence-corrected chi connectivity index (χ2v) is 4.81. The van der Waals surface area contributed by atoms with Crippen molar-refractivity contribution in [3.05, 3.63) is 0 Å². The number of aliphatic hydroxyl groups is 1. The molecule has 100 valence electrons. The molecule has 1 heterocycles. The van der Waals surface area contributed by atoms with Gasteiger partial charge in [-0.25, -0.2) is 0 Å². The van der Waals surface area contributed by atoms with E-state index in [2.05, 4.69) is 4.90 Å². The summed E-state index contributed by atoms with van der Waals surface area (Å²) in [7, 11) is 0. The van der Waals surface area contributed by atoms with Crippen LogP contribution in [0.2, 0.25) is 0 Å². The van der Waals surface area contributed by atoms with E-state index in [1.54, 1.807) is 0 Å². The molecule has 5 heteroatoms. The Morgan fingerprint density at radius 3 is 2.94 bits per heavy atom. The first kappa shape index (κ1) is 14.4. The number of carbonyl (C=O) groups excluding carboxylic acids is 1. The third kappa shape index (κ3) is 6.00. The van der Waals surface area contributed by atoms with Crippen LogP contribution in [0.25, 0.3) is 0 Å². The maximum atomic E-state index is 10.7. The van der Waals surface area contributed by atoms with Crippen molar-refractivity contribution >= 4 is 5.91 Å². The van der Waals surface area contributed by atoms with Gasteiger partial charge in [-0.05, 0) is 25.3 Å². The van der Waals surface area contributed by atoms with E-state index in [4.69, 9.17) is 10.5 Å². The SMILES string of the molecule is C[C@H](CCN1CCCOCC1)[C@@H](O)CC(N)=O. The van der Waals surface area contributed by atoms with Crippen LogP contribution in [0, 0.1) is 5.92 Å². The summed E-state index contributed by atoms with van der Waals surface area (Å²) in [5.41, 5.74) is 5.06. The fourth-order valence-corrected chi connectivity index (χ4v) is 2.01. The smallest absolute Gasteiger partial charge is 0.220 e. The van der Waals surface area contributed by atoms with Crippen molar-refractivity contribution in [2.24, 2.45) is 11.7 Å². The number of nitrogens with zero attached hydrogens (tertiary/aromatic N) is 1. The summed E-state index contributed by atoms with van der Waals surface area (Å²) in [6.07, 6.45) is 1.40. The van der Waals surface area contributed by atoms with E-state index < -0.39 is 12.0 Å². The first-order valence-corrected chi connectivity index (χ1v) is 6.36. The van der Waals surface area contributed by atoms with E-state index in [-0.39, 0.29) is 12.3 Å². The summed E-state index contributed by atoms with van der Waals surface area (Å²) in [4.78, 5) is 13.0. The third-order valence-corrected chi connectivity index (χ3v) is 3.28. The Balaban J connectivity index is 2.21. The second-order valence-electron chi connectivity index (χ2n) is 4.81. The molecule has 1 fully saturated rings. The standard InChI is InChI=1S/C12H24N2O3/c1-10(11(15)9-12(13)16)3-5-14-4-2-7-17-8-6-14/h10-11,15H,2-9H2,1H3,(H2,13,16)/t10-,11+/m1/s1. The van der Waals surface area contributed by atoms with Crippen molar-refractivity contribution in [3.8, 4) is 0 Å². The molecule has 1 amide bonds. The first-order valence-electron chi connectivity index (χ1n) is 6.36. The summed E-state index contributed by atoms with van der Waals surface area (Å²) < 4.78 is 5.38. The predicted molar refractivity (Wildman–Crippen MR) is 65.5 cm³/mol. The zero-order valence-corrected chi connectivity index (χ0v) is 10.6. The van der Waals surface area contributed by atoms with E-state index in [0.717, 1.165) is 45.7 Å². The van der Waals surface area contributed by atoms with Gasteiger partial charge in [-0.2, -0.15) is 0 Å². The molecule has 0 bridgehead atoms. The molecule has 0 unspecified atom stereocenters. The Hall–Kier alpha value is -0.650. The third-order valence-electron chi connectivity index (χ3n) is 3.28. The fourth-order valence-electron chi connectivity index (χ4n) is 2.01. The molecule has 0 aromatic heterocycles. The van der Waals surface area contributed by atoms with Gasteiger partial charge in [0.25, 0.3) is 0 Å². The summed E-state index contributed by atoms with van der Waals surface area (Å²) in [5.74, 6) is -0.334. The molecular weight excluding hydrogens is 220 g/mol. The molecule has 0 aromatic rings. The molecule has 5 nitrogen and oxygen atoms in total. The number of rotatable bonds is 6. The van der Waals surface area contributed by atoms with Gasteiger partial charge in [0.15, 0.2) is 0 Å². The second kappa shape index (κ2) is 7.63. The Morgan fingerprint density at radius 2 is 2.24 bits per heavy atom. The van der Waals surface area contributed by atoms with Crippen LogP contribution in [0.1, 0.15) is 26.2 Å². The number of aliphatic hydroxyl groups excluding tert-OH is 1. The van der Waals surface area contributed by atoms with Crippen molar-refractivity contribution in [1.29, 1.82) is 0 Å². The van der Waals surface area contributed by atoms with E-state index in [9.17, 15) is 9.90 Å². The summed E-state index contributed by atoms with van der Waals surface area (Å²) in [6, 6.07) is 0. The zero-order chi connectivity index (χ0) is 12.7. The molecule has 0 aromatic carbocycles. The summed E-state index contributed by atoms with van der Waals surface area (Å²) in [6.45, 7) is 6.55. The largest absolute Gasteiger partial charge is 0.392 e.